The molecular formula is C12H16O4. The Bertz CT molecular complexity index is 364. The molecule has 0 amide bonds. The molecular weight excluding hydrogens is 208 g/mol. The lowest BCUT2D eigenvalue weighted by atomic mass is 10.2. The Morgan fingerprint density at radius 3 is 2.88 bits per heavy atom. The van der Waals surface area contributed by atoms with E-state index in [0.29, 0.717) is 5.75 Å². The maximum atomic E-state index is 9.36. The van der Waals surface area contributed by atoms with Gasteiger partial charge in [0.1, 0.15) is 11.5 Å². The summed E-state index contributed by atoms with van der Waals surface area (Å²) in [6, 6.07) is 5.08. The highest BCUT2D eigenvalue weighted by molar-refractivity contribution is 5.38. The Balaban J connectivity index is 1.97. The van der Waals surface area contributed by atoms with E-state index < -0.39 is 0 Å². The molecule has 0 aromatic heterocycles. The number of rotatable bonds is 3. The Hall–Kier alpha value is -1.26. The third-order valence-electron chi connectivity index (χ3n) is 2.71. The Labute approximate surface area is 94.4 Å². The lowest BCUT2D eigenvalue weighted by Crippen LogP contribution is -2.19. The van der Waals surface area contributed by atoms with E-state index in [1.54, 1.807) is 18.2 Å². The third-order valence-corrected chi connectivity index (χ3v) is 2.71. The quantitative estimate of drug-likeness (QED) is 0.818. The predicted molar refractivity (Wildman–Crippen MR) is 58.5 cm³/mol. The van der Waals surface area contributed by atoms with Crippen LogP contribution in [0.1, 0.15) is 18.4 Å². The van der Waals surface area contributed by atoms with Crippen LogP contribution >= 0.6 is 0 Å². The van der Waals surface area contributed by atoms with Crippen LogP contribution in [0.4, 0.5) is 0 Å². The summed E-state index contributed by atoms with van der Waals surface area (Å²) in [5.74, 6) is 0.937. The first-order valence-electron chi connectivity index (χ1n) is 5.41. The molecule has 0 aliphatic carbocycles. The van der Waals surface area contributed by atoms with Crippen molar-refractivity contribution in [3.05, 3.63) is 23.8 Å². The molecule has 1 saturated heterocycles. The number of aliphatic hydroxyl groups is 1. The molecule has 1 aromatic rings. The summed E-state index contributed by atoms with van der Waals surface area (Å²) in [7, 11) is 0. The molecule has 1 aromatic carbocycles. The van der Waals surface area contributed by atoms with Gasteiger partial charge >= 0.3 is 0 Å². The van der Waals surface area contributed by atoms with Crippen molar-refractivity contribution in [2.75, 3.05) is 6.61 Å². The van der Waals surface area contributed by atoms with Gasteiger partial charge in [0.15, 0.2) is 6.29 Å². The molecule has 0 spiro atoms. The molecule has 1 aliphatic heterocycles. The van der Waals surface area contributed by atoms with Gasteiger partial charge in [-0.3, -0.25) is 0 Å². The topological polar surface area (TPSA) is 58.9 Å². The number of phenolic OH excluding ortho intramolecular Hbond substituents is 1. The van der Waals surface area contributed by atoms with Crippen LogP contribution in [0.3, 0.4) is 0 Å². The van der Waals surface area contributed by atoms with Crippen LogP contribution in [0.15, 0.2) is 18.2 Å². The largest absolute Gasteiger partial charge is 0.508 e. The third kappa shape index (κ3) is 2.46. The molecule has 1 heterocycles. The van der Waals surface area contributed by atoms with Gasteiger partial charge in [-0.15, -0.1) is 0 Å². The van der Waals surface area contributed by atoms with Gasteiger partial charge in [-0.2, -0.15) is 0 Å². The van der Waals surface area contributed by atoms with Gasteiger partial charge in [0.2, 0.25) is 0 Å². The van der Waals surface area contributed by atoms with Gasteiger partial charge in [0, 0.05) is 6.42 Å². The second kappa shape index (κ2) is 4.72. The lowest BCUT2D eigenvalue weighted by molar-refractivity contribution is -0.0850. The fraction of sp³-hybridized carbons (Fsp3) is 0.500. The van der Waals surface area contributed by atoms with E-state index in [4.69, 9.17) is 14.6 Å². The smallest absolute Gasteiger partial charge is 0.200 e. The summed E-state index contributed by atoms with van der Waals surface area (Å²) in [5.41, 5.74) is 0.772. The van der Waals surface area contributed by atoms with Gasteiger partial charge in [-0.05, 0) is 37.1 Å². The maximum absolute atomic E-state index is 9.36. The van der Waals surface area contributed by atoms with E-state index in [2.05, 4.69) is 0 Å². The van der Waals surface area contributed by atoms with Gasteiger partial charge < -0.3 is 19.7 Å². The van der Waals surface area contributed by atoms with Crippen LogP contribution in [0, 0.1) is 6.92 Å². The molecule has 2 rings (SSSR count). The molecule has 4 heteroatoms. The minimum Gasteiger partial charge on any atom is -0.508 e. The normalized spacial score (nSPS) is 24.6. The number of benzene rings is 1. The lowest BCUT2D eigenvalue weighted by Gasteiger charge is -2.15. The standard InChI is InChI=1S/C12H16O4/c1-8-6-9(2-4-11(8)14)15-12-5-3-10(7-13)16-12/h2,4,6,10,12-14H,3,5,7H2,1H3. The van der Waals surface area contributed by atoms with Crippen LogP contribution in [0.5, 0.6) is 11.5 Å². The van der Waals surface area contributed by atoms with E-state index in [1.807, 2.05) is 6.92 Å². The molecule has 1 aliphatic rings. The Morgan fingerprint density at radius 1 is 1.44 bits per heavy atom. The van der Waals surface area contributed by atoms with E-state index >= 15 is 0 Å². The molecule has 2 unspecified atom stereocenters. The molecule has 88 valence electrons. The zero-order valence-corrected chi connectivity index (χ0v) is 9.22. The molecule has 0 bridgehead atoms. The van der Waals surface area contributed by atoms with Crippen LogP contribution in [0.25, 0.3) is 0 Å². The summed E-state index contributed by atoms with van der Waals surface area (Å²) >= 11 is 0. The maximum Gasteiger partial charge on any atom is 0.200 e. The minimum absolute atomic E-state index is 0.0362. The SMILES string of the molecule is Cc1cc(OC2CCC(CO)O2)ccc1O. The number of hydrogen-bond acceptors (Lipinski definition) is 4. The fourth-order valence-electron chi connectivity index (χ4n) is 1.75. The highest BCUT2D eigenvalue weighted by atomic mass is 16.7. The Morgan fingerprint density at radius 2 is 2.25 bits per heavy atom. The average Bonchev–Trinajstić information content (AvgIpc) is 2.71. The van der Waals surface area contributed by atoms with Crippen LogP contribution < -0.4 is 4.74 Å². The molecule has 2 N–H and O–H groups in total. The van der Waals surface area contributed by atoms with Crippen molar-refractivity contribution in [2.24, 2.45) is 0 Å². The van der Waals surface area contributed by atoms with Crippen molar-refractivity contribution < 1.29 is 19.7 Å². The predicted octanol–water partition coefficient (Wildman–Crippen LogP) is 1.58. The summed E-state index contributed by atoms with van der Waals surface area (Å²) in [5, 5.41) is 18.3. The van der Waals surface area contributed by atoms with E-state index in [1.165, 1.54) is 0 Å². The molecule has 4 nitrogen and oxygen atoms in total. The van der Waals surface area contributed by atoms with E-state index in [-0.39, 0.29) is 24.8 Å². The second-order valence-corrected chi connectivity index (χ2v) is 4.01. The summed E-state index contributed by atoms with van der Waals surface area (Å²) in [6.07, 6.45) is 1.20. The van der Waals surface area contributed by atoms with Gasteiger partial charge in [0.05, 0.1) is 12.7 Å². The summed E-state index contributed by atoms with van der Waals surface area (Å²) in [4.78, 5) is 0. The summed E-state index contributed by atoms with van der Waals surface area (Å²) < 4.78 is 11.0. The first kappa shape index (κ1) is 11.2. The van der Waals surface area contributed by atoms with Gasteiger partial charge in [-0.25, -0.2) is 0 Å². The number of ether oxygens (including phenoxy) is 2. The van der Waals surface area contributed by atoms with Crippen molar-refractivity contribution in [3.8, 4) is 11.5 Å². The summed E-state index contributed by atoms with van der Waals surface area (Å²) in [6.45, 7) is 1.85. The van der Waals surface area contributed by atoms with E-state index in [0.717, 1.165) is 18.4 Å². The highest BCUT2D eigenvalue weighted by Crippen LogP contribution is 2.26. The molecule has 0 saturated carbocycles. The van der Waals surface area contributed by atoms with Crippen LogP contribution in [-0.4, -0.2) is 29.2 Å². The monoisotopic (exact) mass is 224 g/mol. The molecule has 16 heavy (non-hydrogen) atoms. The molecule has 1 fully saturated rings. The number of aliphatic hydroxyl groups excluding tert-OH is 1. The zero-order valence-electron chi connectivity index (χ0n) is 9.22. The van der Waals surface area contributed by atoms with E-state index in [9.17, 15) is 5.11 Å². The minimum atomic E-state index is -0.291. The molecule has 2 atom stereocenters. The first-order chi connectivity index (χ1) is 7.69. The number of phenols is 1. The molecule has 0 radical (unpaired) electrons. The number of hydrogen-bond donors (Lipinski definition) is 2. The van der Waals surface area contributed by atoms with Crippen molar-refractivity contribution >= 4 is 0 Å². The van der Waals surface area contributed by atoms with Gasteiger partial charge in [-0.1, -0.05) is 0 Å². The van der Waals surface area contributed by atoms with Crippen molar-refractivity contribution in [1.82, 2.24) is 0 Å². The zero-order chi connectivity index (χ0) is 11.5. The van der Waals surface area contributed by atoms with Crippen molar-refractivity contribution in [3.63, 3.8) is 0 Å². The first-order valence-corrected chi connectivity index (χ1v) is 5.41. The Kier molecular flexibility index (Phi) is 3.31. The van der Waals surface area contributed by atoms with Crippen LogP contribution in [-0.2, 0) is 4.74 Å². The average molecular weight is 224 g/mol. The number of aromatic hydroxyl groups is 1. The van der Waals surface area contributed by atoms with Crippen molar-refractivity contribution in [2.45, 2.75) is 32.2 Å². The second-order valence-electron chi connectivity index (χ2n) is 4.01. The fourth-order valence-corrected chi connectivity index (χ4v) is 1.75. The van der Waals surface area contributed by atoms with Crippen LogP contribution in [0.2, 0.25) is 0 Å². The van der Waals surface area contributed by atoms with Gasteiger partial charge in [0.25, 0.3) is 0 Å². The van der Waals surface area contributed by atoms with Crippen molar-refractivity contribution in [1.29, 1.82) is 0 Å². The number of aryl methyl sites for hydroxylation is 1. The highest BCUT2D eigenvalue weighted by Gasteiger charge is 2.25.